The lowest BCUT2D eigenvalue weighted by Crippen LogP contribution is -2.22. The van der Waals surface area contributed by atoms with E-state index < -0.39 is 0 Å². The highest BCUT2D eigenvalue weighted by molar-refractivity contribution is 6.31. The fourth-order valence-electron chi connectivity index (χ4n) is 1.66. The highest BCUT2D eigenvalue weighted by Gasteiger charge is 2.08. The van der Waals surface area contributed by atoms with Gasteiger partial charge in [-0.05, 0) is 32.8 Å². The Hall–Kier alpha value is -1.33. The third-order valence-corrected chi connectivity index (χ3v) is 3.14. The van der Waals surface area contributed by atoms with Crippen molar-refractivity contribution in [2.24, 2.45) is 7.05 Å². The van der Waals surface area contributed by atoms with Gasteiger partial charge in [0.1, 0.15) is 5.15 Å². The van der Waals surface area contributed by atoms with E-state index in [1.54, 1.807) is 24.7 Å². The topological polar surface area (TPSA) is 67.2 Å². The summed E-state index contributed by atoms with van der Waals surface area (Å²) in [5.74, 6) is -0.176. The van der Waals surface area contributed by atoms with E-state index in [4.69, 9.17) is 16.7 Å². The van der Waals surface area contributed by atoms with Crippen LogP contribution in [0, 0.1) is 6.92 Å². The van der Waals surface area contributed by atoms with Crippen LogP contribution in [0.15, 0.2) is 6.08 Å². The highest BCUT2D eigenvalue weighted by Crippen LogP contribution is 2.19. The Labute approximate surface area is 118 Å². The minimum atomic E-state index is -0.329. The quantitative estimate of drug-likeness (QED) is 0.617. The summed E-state index contributed by atoms with van der Waals surface area (Å²) in [5.41, 5.74) is 1.54. The Bertz CT molecular complexity index is 467. The molecule has 1 heterocycles. The normalized spacial score (nSPS) is 12.9. The average molecular weight is 286 g/mol. The molecule has 0 aliphatic carbocycles. The summed E-state index contributed by atoms with van der Waals surface area (Å²) in [4.78, 5) is 11.6. The van der Waals surface area contributed by atoms with Crippen molar-refractivity contribution in [2.75, 3.05) is 6.54 Å². The van der Waals surface area contributed by atoms with Crippen LogP contribution in [0.2, 0.25) is 5.15 Å². The van der Waals surface area contributed by atoms with Crippen molar-refractivity contribution in [1.82, 2.24) is 15.1 Å². The fraction of sp³-hybridized carbons (Fsp3) is 0.538. The lowest BCUT2D eigenvalue weighted by atomic mass is 10.2. The number of carbonyl (C=O) groups excluding carboxylic acids is 1. The molecular formula is C13H20ClN3O2. The molecule has 0 bridgehead atoms. The van der Waals surface area contributed by atoms with Crippen LogP contribution in [0.3, 0.4) is 0 Å². The predicted octanol–water partition coefficient (Wildman–Crippen LogP) is 1.67. The first kappa shape index (κ1) is 15.7. The number of amides is 1. The molecule has 1 rings (SSSR count). The second kappa shape index (κ2) is 7.31. The van der Waals surface area contributed by atoms with Crippen LogP contribution in [0.4, 0.5) is 0 Å². The number of aliphatic hydroxyl groups excluding tert-OH is 1. The first-order valence-electron chi connectivity index (χ1n) is 6.25. The van der Waals surface area contributed by atoms with Gasteiger partial charge < -0.3 is 10.4 Å². The summed E-state index contributed by atoms with van der Waals surface area (Å²) >= 11 is 6.05. The van der Waals surface area contributed by atoms with Crippen molar-refractivity contribution in [3.63, 3.8) is 0 Å². The van der Waals surface area contributed by atoms with Gasteiger partial charge in [-0.25, -0.2) is 0 Å². The van der Waals surface area contributed by atoms with E-state index in [2.05, 4.69) is 10.4 Å². The molecule has 0 aliphatic rings. The number of carbonyl (C=O) groups is 1. The zero-order valence-corrected chi connectivity index (χ0v) is 12.2. The molecule has 19 heavy (non-hydrogen) atoms. The monoisotopic (exact) mass is 285 g/mol. The van der Waals surface area contributed by atoms with Crippen molar-refractivity contribution >= 4 is 23.6 Å². The molecular weight excluding hydrogens is 266 g/mol. The van der Waals surface area contributed by atoms with E-state index in [9.17, 15) is 4.79 Å². The van der Waals surface area contributed by atoms with Crippen LogP contribution < -0.4 is 5.32 Å². The first-order valence-corrected chi connectivity index (χ1v) is 6.62. The molecule has 1 unspecified atom stereocenters. The Morgan fingerprint density at radius 3 is 2.84 bits per heavy atom. The molecule has 1 aromatic rings. The van der Waals surface area contributed by atoms with Crippen molar-refractivity contribution in [1.29, 1.82) is 0 Å². The van der Waals surface area contributed by atoms with Crippen molar-refractivity contribution in [3.05, 3.63) is 22.5 Å². The lowest BCUT2D eigenvalue weighted by Gasteiger charge is -2.04. The molecule has 0 aromatic carbocycles. The van der Waals surface area contributed by atoms with Gasteiger partial charge in [0, 0.05) is 25.2 Å². The Morgan fingerprint density at radius 2 is 2.32 bits per heavy atom. The predicted molar refractivity (Wildman–Crippen MR) is 75.9 cm³/mol. The molecule has 5 nitrogen and oxygen atoms in total. The summed E-state index contributed by atoms with van der Waals surface area (Å²) < 4.78 is 1.57. The van der Waals surface area contributed by atoms with Gasteiger partial charge in [0.05, 0.1) is 11.8 Å². The first-order chi connectivity index (χ1) is 8.91. The number of hydrogen-bond donors (Lipinski definition) is 2. The Balaban J connectivity index is 2.45. The number of rotatable bonds is 6. The zero-order valence-electron chi connectivity index (χ0n) is 11.5. The smallest absolute Gasteiger partial charge is 0.244 e. The number of nitrogens with one attached hydrogen (secondary N) is 1. The molecule has 0 spiro atoms. The van der Waals surface area contributed by atoms with E-state index in [-0.39, 0.29) is 12.0 Å². The van der Waals surface area contributed by atoms with Gasteiger partial charge in [0.2, 0.25) is 5.91 Å². The molecule has 1 amide bonds. The van der Waals surface area contributed by atoms with Gasteiger partial charge in [-0.3, -0.25) is 9.48 Å². The van der Waals surface area contributed by atoms with Crippen LogP contribution in [-0.2, 0) is 11.8 Å². The van der Waals surface area contributed by atoms with Gasteiger partial charge in [0.15, 0.2) is 0 Å². The summed E-state index contributed by atoms with van der Waals surface area (Å²) in [5, 5.41) is 16.5. The van der Waals surface area contributed by atoms with Gasteiger partial charge in [-0.1, -0.05) is 11.6 Å². The molecule has 0 aliphatic heterocycles. The SMILES string of the molecule is Cc1nn(C)c(Cl)c1/C=C/C(=O)NCCCC(C)O. The van der Waals surface area contributed by atoms with Crippen molar-refractivity contribution in [3.8, 4) is 0 Å². The van der Waals surface area contributed by atoms with E-state index in [0.717, 1.165) is 17.7 Å². The Kier molecular flexibility index (Phi) is 6.05. The standard InChI is InChI=1S/C13H20ClN3O2/c1-9(18)5-4-8-15-12(19)7-6-11-10(2)16-17(3)13(11)14/h6-7,9,18H,4-5,8H2,1-3H3,(H,15,19)/b7-6+. The van der Waals surface area contributed by atoms with Crippen LogP contribution in [-0.4, -0.2) is 33.4 Å². The second-order valence-corrected chi connectivity index (χ2v) is 4.89. The number of halogens is 1. The maximum absolute atomic E-state index is 11.6. The highest BCUT2D eigenvalue weighted by atomic mass is 35.5. The number of aliphatic hydroxyl groups is 1. The van der Waals surface area contributed by atoms with E-state index >= 15 is 0 Å². The molecule has 2 N–H and O–H groups in total. The summed E-state index contributed by atoms with van der Waals surface area (Å²) in [6.45, 7) is 4.12. The largest absolute Gasteiger partial charge is 0.393 e. The molecule has 0 saturated heterocycles. The molecule has 0 fully saturated rings. The second-order valence-electron chi connectivity index (χ2n) is 4.53. The van der Waals surface area contributed by atoms with Gasteiger partial charge in [0.25, 0.3) is 0 Å². The minimum Gasteiger partial charge on any atom is -0.393 e. The van der Waals surface area contributed by atoms with E-state index in [0.29, 0.717) is 18.1 Å². The zero-order chi connectivity index (χ0) is 14.4. The Morgan fingerprint density at radius 1 is 1.63 bits per heavy atom. The molecule has 1 aromatic heterocycles. The number of aromatic nitrogens is 2. The fourth-order valence-corrected chi connectivity index (χ4v) is 1.90. The molecule has 106 valence electrons. The van der Waals surface area contributed by atoms with Crippen LogP contribution >= 0.6 is 11.6 Å². The number of aryl methyl sites for hydroxylation is 2. The van der Waals surface area contributed by atoms with Crippen molar-refractivity contribution < 1.29 is 9.90 Å². The van der Waals surface area contributed by atoms with E-state index in [1.165, 1.54) is 6.08 Å². The third kappa shape index (κ3) is 5.04. The molecule has 0 radical (unpaired) electrons. The van der Waals surface area contributed by atoms with Crippen molar-refractivity contribution in [2.45, 2.75) is 32.8 Å². The van der Waals surface area contributed by atoms with Crippen LogP contribution in [0.5, 0.6) is 0 Å². The molecule has 1 atom stereocenters. The van der Waals surface area contributed by atoms with E-state index in [1.807, 2.05) is 6.92 Å². The maximum atomic E-state index is 11.6. The number of hydrogen-bond acceptors (Lipinski definition) is 3. The third-order valence-electron chi connectivity index (χ3n) is 2.70. The lowest BCUT2D eigenvalue weighted by molar-refractivity contribution is -0.116. The van der Waals surface area contributed by atoms with Gasteiger partial charge in [-0.15, -0.1) is 0 Å². The van der Waals surface area contributed by atoms with Crippen LogP contribution in [0.1, 0.15) is 31.0 Å². The summed E-state index contributed by atoms with van der Waals surface area (Å²) in [6, 6.07) is 0. The molecule has 6 heteroatoms. The number of nitrogens with zero attached hydrogens (tertiary/aromatic N) is 2. The molecule has 0 saturated carbocycles. The minimum absolute atomic E-state index is 0.176. The van der Waals surface area contributed by atoms with Gasteiger partial charge >= 0.3 is 0 Å². The van der Waals surface area contributed by atoms with Crippen LogP contribution in [0.25, 0.3) is 6.08 Å². The summed E-state index contributed by atoms with van der Waals surface area (Å²) in [6.07, 6.45) is 4.21. The average Bonchev–Trinajstić information content (AvgIpc) is 2.57. The maximum Gasteiger partial charge on any atom is 0.244 e. The summed E-state index contributed by atoms with van der Waals surface area (Å²) in [7, 11) is 1.75. The van der Waals surface area contributed by atoms with Gasteiger partial charge in [-0.2, -0.15) is 5.10 Å².